The molecule has 0 N–H and O–H groups in total. The summed E-state index contributed by atoms with van der Waals surface area (Å²) in [7, 11) is 1.47. The second-order valence-corrected chi connectivity index (χ2v) is 4.41. The van der Waals surface area contributed by atoms with Gasteiger partial charge in [0.1, 0.15) is 0 Å². The fraction of sp³-hybridized carbons (Fsp3) is 0.100. The van der Waals surface area contributed by atoms with E-state index in [9.17, 15) is 0 Å². The van der Waals surface area contributed by atoms with Crippen molar-refractivity contribution in [2.75, 3.05) is 7.11 Å². The molecular formula is C10H9NO2S2. The normalized spacial score (nSPS) is 10.2. The van der Waals surface area contributed by atoms with Crippen molar-refractivity contribution >= 4 is 23.6 Å². The molecule has 0 aliphatic heterocycles. The van der Waals surface area contributed by atoms with Crippen molar-refractivity contribution in [3.8, 4) is 10.8 Å². The number of benzene rings is 1. The van der Waals surface area contributed by atoms with E-state index in [0.717, 1.165) is 9.64 Å². The van der Waals surface area contributed by atoms with Gasteiger partial charge in [0.2, 0.25) is 5.06 Å². The highest BCUT2D eigenvalue weighted by molar-refractivity contribution is 7.73. The van der Waals surface area contributed by atoms with Crippen LogP contribution in [0, 0.1) is 3.95 Å². The first-order valence-corrected chi connectivity index (χ1v) is 5.52. The van der Waals surface area contributed by atoms with E-state index in [1.54, 1.807) is 0 Å². The predicted molar refractivity (Wildman–Crippen MR) is 62.1 cm³/mol. The van der Waals surface area contributed by atoms with Crippen LogP contribution in [0.4, 0.5) is 0 Å². The van der Waals surface area contributed by atoms with Gasteiger partial charge in [-0.2, -0.15) is 4.89 Å². The number of rotatable bonds is 3. The van der Waals surface area contributed by atoms with Gasteiger partial charge in [-0.25, -0.2) is 0 Å². The van der Waals surface area contributed by atoms with Crippen molar-refractivity contribution in [2.24, 2.45) is 0 Å². The van der Waals surface area contributed by atoms with Crippen LogP contribution >= 0.6 is 23.6 Å². The Morgan fingerprint density at radius 2 is 2.00 bits per heavy atom. The van der Waals surface area contributed by atoms with Gasteiger partial charge in [0.15, 0.2) is 3.95 Å². The summed E-state index contributed by atoms with van der Waals surface area (Å²) in [5.74, 6) is 0. The van der Waals surface area contributed by atoms with Gasteiger partial charge in [0, 0.05) is 5.69 Å². The lowest BCUT2D eigenvalue weighted by Crippen LogP contribution is -1.91. The van der Waals surface area contributed by atoms with Crippen molar-refractivity contribution in [3.63, 3.8) is 0 Å². The number of thiazole rings is 1. The fourth-order valence-electron chi connectivity index (χ4n) is 1.21. The van der Waals surface area contributed by atoms with Crippen LogP contribution < -0.4 is 4.89 Å². The molecule has 0 saturated heterocycles. The summed E-state index contributed by atoms with van der Waals surface area (Å²) >= 11 is 6.58. The van der Waals surface area contributed by atoms with Crippen LogP contribution in [0.5, 0.6) is 5.06 Å². The summed E-state index contributed by atoms with van der Waals surface area (Å²) in [5, 5.41) is 0.645. The monoisotopic (exact) mass is 239 g/mol. The predicted octanol–water partition coefficient (Wildman–Crippen LogP) is 3.21. The maximum absolute atomic E-state index is 5.21. The minimum absolute atomic E-state index is 0.645. The molecule has 1 aromatic heterocycles. The minimum atomic E-state index is 0.645. The van der Waals surface area contributed by atoms with E-state index >= 15 is 0 Å². The van der Waals surface area contributed by atoms with Crippen LogP contribution in [0.1, 0.15) is 0 Å². The van der Waals surface area contributed by atoms with Crippen molar-refractivity contribution in [2.45, 2.75) is 0 Å². The third kappa shape index (κ3) is 2.26. The molecule has 0 saturated carbocycles. The first-order valence-electron chi connectivity index (χ1n) is 4.30. The Morgan fingerprint density at radius 1 is 1.27 bits per heavy atom. The minimum Gasteiger partial charge on any atom is -0.325 e. The van der Waals surface area contributed by atoms with Crippen LogP contribution in [-0.4, -0.2) is 11.7 Å². The molecule has 15 heavy (non-hydrogen) atoms. The third-order valence-electron chi connectivity index (χ3n) is 1.82. The number of para-hydroxylation sites is 1. The maximum atomic E-state index is 5.21. The van der Waals surface area contributed by atoms with Crippen LogP contribution in [0.15, 0.2) is 36.5 Å². The highest BCUT2D eigenvalue weighted by Gasteiger charge is 2.04. The van der Waals surface area contributed by atoms with Crippen molar-refractivity contribution < 1.29 is 9.78 Å². The quantitative estimate of drug-likeness (QED) is 0.467. The van der Waals surface area contributed by atoms with Gasteiger partial charge >= 0.3 is 0 Å². The summed E-state index contributed by atoms with van der Waals surface area (Å²) in [4.78, 5) is 9.50. The van der Waals surface area contributed by atoms with Crippen LogP contribution in [0.2, 0.25) is 0 Å². The summed E-state index contributed by atoms with van der Waals surface area (Å²) in [6, 6.07) is 9.86. The maximum Gasteiger partial charge on any atom is 0.238 e. The zero-order chi connectivity index (χ0) is 10.7. The molecule has 0 unspecified atom stereocenters. The molecule has 2 rings (SSSR count). The topological polar surface area (TPSA) is 23.4 Å². The summed E-state index contributed by atoms with van der Waals surface area (Å²) < 4.78 is 2.61. The first kappa shape index (κ1) is 10.4. The highest BCUT2D eigenvalue weighted by atomic mass is 32.1. The van der Waals surface area contributed by atoms with Crippen LogP contribution in [-0.2, 0) is 4.89 Å². The molecule has 5 heteroatoms. The Balaban J connectivity index is 2.41. The van der Waals surface area contributed by atoms with Gasteiger partial charge in [-0.1, -0.05) is 29.5 Å². The average Bonchev–Trinajstić information content (AvgIpc) is 2.61. The molecule has 2 aromatic rings. The molecule has 1 aromatic carbocycles. The summed E-state index contributed by atoms with van der Waals surface area (Å²) in [6.45, 7) is 0. The Hall–Kier alpha value is -1.17. The zero-order valence-corrected chi connectivity index (χ0v) is 9.68. The Morgan fingerprint density at radius 3 is 2.67 bits per heavy atom. The molecule has 0 radical (unpaired) electrons. The average molecular weight is 239 g/mol. The summed E-state index contributed by atoms with van der Waals surface area (Å²) in [6.07, 6.45) is 1.81. The molecule has 0 bridgehead atoms. The van der Waals surface area contributed by atoms with Gasteiger partial charge in [0.05, 0.1) is 13.3 Å². The van der Waals surface area contributed by atoms with Gasteiger partial charge in [-0.05, 0) is 24.4 Å². The van der Waals surface area contributed by atoms with E-state index in [2.05, 4.69) is 4.89 Å². The molecule has 0 fully saturated rings. The van der Waals surface area contributed by atoms with Gasteiger partial charge in [0.25, 0.3) is 0 Å². The Kier molecular flexibility index (Phi) is 3.15. The lowest BCUT2D eigenvalue weighted by Gasteiger charge is -2.00. The van der Waals surface area contributed by atoms with Crippen molar-refractivity contribution in [1.82, 2.24) is 4.57 Å². The van der Waals surface area contributed by atoms with E-state index in [1.807, 2.05) is 41.1 Å². The number of nitrogens with zero attached hydrogens (tertiary/aromatic N) is 1. The number of hydrogen-bond acceptors (Lipinski definition) is 4. The SMILES string of the molecule is COOc1cn(-c2ccccc2)c(=S)s1. The second kappa shape index (κ2) is 4.57. The van der Waals surface area contributed by atoms with Crippen LogP contribution in [0.3, 0.4) is 0 Å². The molecular weight excluding hydrogens is 230 g/mol. The standard InChI is InChI=1S/C10H9NO2S2/c1-12-13-9-7-11(10(14)15-9)8-5-3-2-4-6-8/h2-7H,1H3. The van der Waals surface area contributed by atoms with Crippen molar-refractivity contribution in [3.05, 3.63) is 40.5 Å². The molecule has 0 atom stereocenters. The van der Waals surface area contributed by atoms with Crippen molar-refractivity contribution in [1.29, 1.82) is 0 Å². The van der Waals surface area contributed by atoms with Crippen LogP contribution in [0.25, 0.3) is 5.69 Å². The molecule has 78 valence electrons. The van der Waals surface area contributed by atoms with E-state index in [-0.39, 0.29) is 0 Å². The second-order valence-electron chi connectivity index (χ2n) is 2.77. The van der Waals surface area contributed by atoms with E-state index in [4.69, 9.17) is 17.1 Å². The fourth-order valence-corrected chi connectivity index (χ4v) is 2.30. The van der Waals surface area contributed by atoms with E-state index in [1.165, 1.54) is 18.4 Å². The van der Waals surface area contributed by atoms with Gasteiger partial charge < -0.3 is 4.89 Å². The molecule has 0 amide bonds. The number of aromatic nitrogens is 1. The Bertz CT molecular complexity index is 490. The molecule has 0 spiro atoms. The third-order valence-corrected chi connectivity index (χ3v) is 3.01. The molecule has 0 aliphatic carbocycles. The lowest BCUT2D eigenvalue weighted by molar-refractivity contribution is -0.175. The Labute approximate surface area is 96.4 Å². The largest absolute Gasteiger partial charge is 0.325 e. The lowest BCUT2D eigenvalue weighted by atomic mass is 10.3. The molecule has 3 nitrogen and oxygen atoms in total. The number of hydrogen-bond donors (Lipinski definition) is 0. The van der Waals surface area contributed by atoms with Gasteiger partial charge in [-0.15, -0.1) is 0 Å². The summed E-state index contributed by atoms with van der Waals surface area (Å²) in [5.41, 5.74) is 1.02. The van der Waals surface area contributed by atoms with Gasteiger partial charge in [-0.3, -0.25) is 4.57 Å². The van der Waals surface area contributed by atoms with E-state index in [0.29, 0.717) is 5.06 Å². The first-order chi connectivity index (χ1) is 7.31. The molecule has 1 heterocycles. The molecule has 0 aliphatic rings. The zero-order valence-electron chi connectivity index (χ0n) is 8.04. The highest BCUT2D eigenvalue weighted by Crippen LogP contribution is 2.24. The van der Waals surface area contributed by atoms with E-state index < -0.39 is 0 Å². The smallest absolute Gasteiger partial charge is 0.238 e.